The minimum Gasteiger partial charge on any atom is -0.355 e. The molecule has 0 unspecified atom stereocenters. The van der Waals surface area contributed by atoms with Crippen molar-refractivity contribution < 1.29 is 0 Å². The quantitative estimate of drug-likeness (QED) is 0.275. The van der Waals surface area contributed by atoms with Gasteiger partial charge >= 0.3 is 0 Å². The van der Waals surface area contributed by atoms with Crippen LogP contribution in [0.3, 0.4) is 0 Å². The van der Waals surface area contributed by atoms with Crippen molar-refractivity contribution in [1.82, 2.24) is 19.6 Å². The third kappa shape index (κ3) is 4.64. The molecule has 3 N–H and O–H groups in total. The highest BCUT2D eigenvalue weighted by molar-refractivity contribution is 5.95. The first kappa shape index (κ1) is 28.9. The van der Waals surface area contributed by atoms with E-state index in [4.69, 9.17) is 15.8 Å². The van der Waals surface area contributed by atoms with Gasteiger partial charge < -0.3 is 10.8 Å². The van der Waals surface area contributed by atoms with Gasteiger partial charge in [0, 0.05) is 11.0 Å². The minimum atomic E-state index is 0.917. The third-order valence-electron chi connectivity index (χ3n) is 9.17. The minimum absolute atomic E-state index is 0.917. The second kappa shape index (κ2) is 11.7. The van der Waals surface area contributed by atoms with Crippen LogP contribution >= 0.6 is 0 Å². The number of hydrogen-bond acceptors (Lipinski definition) is 3. The number of aromatic amines is 1. The molecule has 0 atom stereocenters. The van der Waals surface area contributed by atoms with Crippen LogP contribution < -0.4 is 5.84 Å². The Hall–Kier alpha value is -3.60. The SMILES string of the molecule is CCC1=C(CC)c2cc3c(CC)c(CC)c(cc4nc(cc5[nH]c(cc1n2)c(CC)c5CC)C(CC)=C4CC)n3N. The summed E-state index contributed by atoms with van der Waals surface area (Å²) in [5.41, 5.74) is 19.4. The van der Waals surface area contributed by atoms with E-state index in [2.05, 4.69) is 84.6 Å². The number of aromatic nitrogens is 4. The molecule has 0 saturated carbocycles. The summed E-state index contributed by atoms with van der Waals surface area (Å²) in [6.45, 7) is 17.9. The number of H-pyrrole nitrogens is 1. The van der Waals surface area contributed by atoms with E-state index in [9.17, 15) is 0 Å². The number of nitrogen functional groups attached to an aromatic ring is 1. The largest absolute Gasteiger partial charge is 0.355 e. The van der Waals surface area contributed by atoms with Gasteiger partial charge in [-0.05, 0) is 120 Å². The average Bonchev–Trinajstić information content (AvgIpc) is 3.67. The van der Waals surface area contributed by atoms with Gasteiger partial charge in [0.1, 0.15) is 0 Å². The van der Waals surface area contributed by atoms with Crippen molar-refractivity contribution in [1.29, 1.82) is 0 Å². The molecule has 2 aliphatic heterocycles. The summed E-state index contributed by atoms with van der Waals surface area (Å²) in [5, 5.41) is 0. The van der Waals surface area contributed by atoms with Gasteiger partial charge in [-0.2, -0.15) is 0 Å². The molecule has 3 aromatic rings. The van der Waals surface area contributed by atoms with Gasteiger partial charge in [-0.15, -0.1) is 0 Å². The first-order chi connectivity index (χ1) is 19.9. The summed E-state index contributed by atoms with van der Waals surface area (Å²) in [7, 11) is 0. The van der Waals surface area contributed by atoms with E-state index in [0.717, 1.165) is 85.2 Å². The molecule has 41 heavy (non-hydrogen) atoms. The Morgan fingerprint density at radius 2 is 0.805 bits per heavy atom. The smallest absolute Gasteiger partial charge is 0.0694 e. The highest BCUT2D eigenvalue weighted by Crippen LogP contribution is 2.38. The van der Waals surface area contributed by atoms with Crippen LogP contribution in [0.25, 0.3) is 44.4 Å². The second-order valence-electron chi connectivity index (χ2n) is 11.1. The predicted molar refractivity (Wildman–Crippen MR) is 177 cm³/mol. The van der Waals surface area contributed by atoms with E-state index < -0.39 is 0 Å². The summed E-state index contributed by atoms with van der Waals surface area (Å²) in [6.07, 6.45) is 7.54. The van der Waals surface area contributed by atoms with E-state index >= 15 is 0 Å². The molecule has 2 aliphatic rings. The number of nitrogens with zero attached hydrogens (tertiary/aromatic N) is 3. The highest BCUT2D eigenvalue weighted by Gasteiger charge is 2.22. The maximum Gasteiger partial charge on any atom is 0.0694 e. The molecule has 0 spiro atoms. The van der Waals surface area contributed by atoms with Crippen LogP contribution in [-0.4, -0.2) is 19.6 Å². The molecule has 5 heteroatoms. The summed E-state index contributed by atoms with van der Waals surface area (Å²) >= 11 is 0. The van der Waals surface area contributed by atoms with Crippen molar-refractivity contribution in [3.8, 4) is 0 Å². The van der Waals surface area contributed by atoms with Crippen molar-refractivity contribution >= 4 is 44.4 Å². The number of allylic oxidation sites excluding steroid dienone is 4. The number of hydrogen-bond donors (Lipinski definition) is 2. The molecule has 0 fully saturated rings. The van der Waals surface area contributed by atoms with Crippen LogP contribution in [0.2, 0.25) is 0 Å². The highest BCUT2D eigenvalue weighted by atomic mass is 15.3. The van der Waals surface area contributed by atoms with Crippen LogP contribution in [-0.2, 0) is 25.7 Å². The fraction of sp³-hybridized carbons (Fsp3) is 0.444. The Balaban J connectivity index is 2.07. The van der Waals surface area contributed by atoms with Crippen molar-refractivity contribution in [3.63, 3.8) is 0 Å². The molecule has 0 aliphatic carbocycles. The lowest BCUT2D eigenvalue weighted by Gasteiger charge is -2.04. The van der Waals surface area contributed by atoms with E-state index in [-0.39, 0.29) is 0 Å². The number of nitrogens with two attached hydrogens (primary N) is 1. The summed E-state index contributed by atoms with van der Waals surface area (Å²) in [5.74, 6) is 6.98. The van der Waals surface area contributed by atoms with E-state index in [0.29, 0.717) is 0 Å². The first-order valence-corrected chi connectivity index (χ1v) is 15.9. The molecule has 5 heterocycles. The van der Waals surface area contributed by atoms with Crippen molar-refractivity contribution in [2.45, 2.75) is 107 Å². The Morgan fingerprint density at radius 1 is 0.488 bits per heavy atom. The van der Waals surface area contributed by atoms with Gasteiger partial charge in [0.15, 0.2) is 0 Å². The van der Waals surface area contributed by atoms with Gasteiger partial charge in [-0.3, -0.25) is 4.68 Å². The number of nitrogens with one attached hydrogen (secondary N) is 1. The number of aryl methyl sites for hydroxylation is 4. The Kier molecular flexibility index (Phi) is 8.26. The molecule has 5 nitrogen and oxygen atoms in total. The summed E-state index contributed by atoms with van der Waals surface area (Å²) in [4.78, 5) is 14.4. The average molecular weight is 550 g/mol. The Bertz CT molecular complexity index is 1600. The molecule has 0 saturated heterocycles. The molecular formula is C36H47N5. The molecule has 8 bridgehead atoms. The normalized spacial score (nSPS) is 13.6. The summed E-state index contributed by atoms with van der Waals surface area (Å²) < 4.78 is 1.90. The molecule has 3 aromatic heterocycles. The molecule has 5 rings (SSSR count). The zero-order chi connectivity index (χ0) is 29.4. The van der Waals surface area contributed by atoms with Gasteiger partial charge in [0.05, 0.1) is 33.8 Å². The van der Waals surface area contributed by atoms with E-state index in [1.165, 1.54) is 55.6 Å². The fourth-order valence-electron chi connectivity index (χ4n) is 7.24. The van der Waals surface area contributed by atoms with E-state index in [1.807, 2.05) is 4.68 Å². The monoisotopic (exact) mass is 549 g/mol. The molecule has 0 aromatic carbocycles. The van der Waals surface area contributed by atoms with Crippen LogP contribution in [0.5, 0.6) is 0 Å². The molecule has 0 amide bonds. The molecular weight excluding hydrogens is 502 g/mol. The van der Waals surface area contributed by atoms with Crippen LogP contribution in [0.4, 0.5) is 0 Å². The van der Waals surface area contributed by atoms with Crippen LogP contribution in [0.15, 0.2) is 24.3 Å². The third-order valence-corrected chi connectivity index (χ3v) is 9.17. The van der Waals surface area contributed by atoms with E-state index in [1.54, 1.807) is 0 Å². The van der Waals surface area contributed by atoms with Crippen molar-refractivity contribution in [3.05, 3.63) is 69.3 Å². The topological polar surface area (TPSA) is 72.5 Å². The lowest BCUT2D eigenvalue weighted by Crippen LogP contribution is -2.07. The molecule has 0 radical (unpaired) electrons. The van der Waals surface area contributed by atoms with Gasteiger partial charge in [-0.1, -0.05) is 55.4 Å². The first-order valence-electron chi connectivity index (χ1n) is 15.9. The lowest BCUT2D eigenvalue weighted by molar-refractivity contribution is 1.07. The standard InChI is InChI=1S/C36H47N5/c1-9-21-22(10-2)30-18-32-24(12-4)26(14-6)34(40-32)20-36-28(16-8)27(15-7)35(41(36)37)19-33-25(13-5)23(11-3)31(39-33)17-29(21)38-30/h17-20,38H,9-16,37H2,1-8H3. The predicted octanol–water partition coefficient (Wildman–Crippen LogP) is 9.21. The van der Waals surface area contributed by atoms with Gasteiger partial charge in [-0.25, -0.2) is 9.97 Å². The van der Waals surface area contributed by atoms with Crippen molar-refractivity contribution in [2.24, 2.45) is 0 Å². The maximum absolute atomic E-state index is 6.98. The second-order valence-corrected chi connectivity index (χ2v) is 11.1. The lowest BCUT2D eigenvalue weighted by atomic mass is 9.98. The van der Waals surface area contributed by atoms with Crippen LogP contribution in [0.1, 0.15) is 126 Å². The Labute approximate surface area is 245 Å². The zero-order valence-electron chi connectivity index (χ0n) is 26.4. The summed E-state index contributed by atoms with van der Waals surface area (Å²) in [6, 6.07) is 9.06. The zero-order valence-corrected chi connectivity index (χ0v) is 26.4. The van der Waals surface area contributed by atoms with Gasteiger partial charge in [0.2, 0.25) is 0 Å². The van der Waals surface area contributed by atoms with Crippen molar-refractivity contribution in [2.75, 3.05) is 5.84 Å². The van der Waals surface area contributed by atoms with Gasteiger partial charge in [0.25, 0.3) is 0 Å². The maximum atomic E-state index is 6.98. The van der Waals surface area contributed by atoms with Crippen LogP contribution in [0, 0.1) is 0 Å². The molecule has 216 valence electrons. The fourth-order valence-corrected chi connectivity index (χ4v) is 7.24. The Morgan fingerprint density at radius 3 is 1.10 bits per heavy atom. The number of rotatable bonds is 8. The number of fused-ring (bicyclic) bond motifs is 8.